The van der Waals surface area contributed by atoms with Crippen LogP contribution in [0, 0.1) is 6.92 Å². The fourth-order valence-electron chi connectivity index (χ4n) is 3.17. The molecule has 0 bridgehead atoms. The number of benzene rings is 1. The van der Waals surface area contributed by atoms with Gasteiger partial charge in [0.2, 0.25) is 0 Å². The minimum Gasteiger partial charge on any atom is -0.384 e. The van der Waals surface area contributed by atoms with Crippen LogP contribution < -0.4 is 5.32 Å². The number of nitrogens with one attached hydrogen (secondary N) is 1. The van der Waals surface area contributed by atoms with Crippen molar-refractivity contribution >= 4 is 5.69 Å². The van der Waals surface area contributed by atoms with Crippen molar-refractivity contribution in [3.8, 4) is 0 Å². The van der Waals surface area contributed by atoms with E-state index in [0.717, 1.165) is 19.1 Å². The number of anilines is 1. The molecule has 1 fully saturated rings. The van der Waals surface area contributed by atoms with E-state index in [2.05, 4.69) is 60.2 Å². The van der Waals surface area contributed by atoms with Gasteiger partial charge in [0.1, 0.15) is 0 Å². The van der Waals surface area contributed by atoms with Gasteiger partial charge in [0, 0.05) is 31.4 Å². The summed E-state index contributed by atoms with van der Waals surface area (Å²) in [5.74, 6) is 0. The Morgan fingerprint density at radius 1 is 1.30 bits per heavy atom. The molecule has 0 aliphatic carbocycles. The van der Waals surface area contributed by atoms with Crippen LogP contribution >= 0.6 is 0 Å². The Morgan fingerprint density at radius 2 is 2.10 bits per heavy atom. The number of rotatable bonds is 7. The molecular formula is C17H29N3. The molecule has 0 amide bonds. The van der Waals surface area contributed by atoms with Gasteiger partial charge in [-0.3, -0.25) is 9.80 Å². The van der Waals surface area contributed by atoms with Gasteiger partial charge in [-0.05, 0) is 50.7 Å². The number of likely N-dealkylation sites (N-methyl/N-ethyl adjacent to an activating group) is 1. The van der Waals surface area contributed by atoms with Crippen molar-refractivity contribution in [1.29, 1.82) is 0 Å². The molecule has 1 aliphatic rings. The van der Waals surface area contributed by atoms with Crippen LogP contribution in [0.2, 0.25) is 0 Å². The van der Waals surface area contributed by atoms with E-state index in [9.17, 15) is 0 Å². The predicted molar refractivity (Wildman–Crippen MR) is 87.4 cm³/mol. The summed E-state index contributed by atoms with van der Waals surface area (Å²) in [6, 6.07) is 9.38. The van der Waals surface area contributed by atoms with Crippen molar-refractivity contribution in [3.63, 3.8) is 0 Å². The molecule has 1 aliphatic heterocycles. The minimum absolute atomic E-state index is 0.768. The van der Waals surface area contributed by atoms with Crippen LogP contribution in [-0.2, 0) is 0 Å². The maximum Gasteiger partial charge on any atom is 0.0343 e. The summed E-state index contributed by atoms with van der Waals surface area (Å²) < 4.78 is 0. The predicted octanol–water partition coefficient (Wildman–Crippen LogP) is 2.82. The van der Waals surface area contributed by atoms with Crippen LogP contribution in [-0.4, -0.2) is 55.1 Å². The average Bonchev–Trinajstić information content (AvgIpc) is 2.89. The fourth-order valence-corrected chi connectivity index (χ4v) is 3.17. The third-order valence-electron chi connectivity index (χ3n) is 4.35. The topological polar surface area (TPSA) is 18.5 Å². The Hall–Kier alpha value is -1.06. The van der Waals surface area contributed by atoms with Crippen molar-refractivity contribution in [2.75, 3.05) is 44.6 Å². The van der Waals surface area contributed by atoms with Gasteiger partial charge in [0.25, 0.3) is 0 Å². The fraction of sp³-hybridized carbons (Fsp3) is 0.647. The summed E-state index contributed by atoms with van der Waals surface area (Å²) in [5, 5.41) is 3.53. The number of hydrogen-bond acceptors (Lipinski definition) is 3. The smallest absolute Gasteiger partial charge is 0.0343 e. The van der Waals surface area contributed by atoms with Crippen LogP contribution in [0.4, 0.5) is 5.69 Å². The van der Waals surface area contributed by atoms with E-state index >= 15 is 0 Å². The molecule has 1 heterocycles. The highest BCUT2D eigenvalue weighted by Crippen LogP contribution is 2.15. The second-order valence-corrected chi connectivity index (χ2v) is 5.76. The molecule has 0 spiro atoms. The van der Waals surface area contributed by atoms with Gasteiger partial charge in [-0.25, -0.2) is 0 Å². The van der Waals surface area contributed by atoms with Crippen molar-refractivity contribution in [3.05, 3.63) is 29.8 Å². The summed E-state index contributed by atoms with van der Waals surface area (Å²) in [6.45, 7) is 13.7. The Balaban J connectivity index is 1.71. The number of likely N-dealkylation sites (tertiary alicyclic amines) is 1. The standard InChI is InChI=1S/C17H29N3/c1-4-20(5-2)17-9-11-19(14-17)12-10-18-16-8-6-7-15(3)13-16/h6-8,13,17-18H,4-5,9-12,14H2,1-3H3. The van der Waals surface area contributed by atoms with Crippen LogP contribution in [0.5, 0.6) is 0 Å². The summed E-state index contributed by atoms with van der Waals surface area (Å²) >= 11 is 0. The lowest BCUT2D eigenvalue weighted by atomic mass is 10.2. The first-order valence-electron chi connectivity index (χ1n) is 7.99. The van der Waals surface area contributed by atoms with E-state index in [1.807, 2.05) is 0 Å². The normalized spacial score (nSPS) is 19.7. The number of hydrogen-bond donors (Lipinski definition) is 1. The molecule has 1 N–H and O–H groups in total. The van der Waals surface area contributed by atoms with Gasteiger partial charge >= 0.3 is 0 Å². The lowest BCUT2D eigenvalue weighted by molar-refractivity contribution is 0.212. The first-order valence-corrected chi connectivity index (χ1v) is 7.99. The second-order valence-electron chi connectivity index (χ2n) is 5.76. The number of nitrogens with zero attached hydrogens (tertiary/aromatic N) is 2. The molecule has 1 atom stereocenters. The van der Waals surface area contributed by atoms with Crippen LogP contribution in [0.3, 0.4) is 0 Å². The Kier molecular flexibility index (Phi) is 5.86. The number of aryl methyl sites for hydroxylation is 1. The summed E-state index contributed by atoms with van der Waals surface area (Å²) in [4.78, 5) is 5.18. The van der Waals surface area contributed by atoms with Gasteiger partial charge in [-0.15, -0.1) is 0 Å². The Morgan fingerprint density at radius 3 is 2.80 bits per heavy atom. The average molecular weight is 275 g/mol. The van der Waals surface area contributed by atoms with E-state index in [4.69, 9.17) is 0 Å². The molecule has 0 saturated carbocycles. The van der Waals surface area contributed by atoms with Crippen molar-refractivity contribution < 1.29 is 0 Å². The molecule has 3 heteroatoms. The highest BCUT2D eigenvalue weighted by molar-refractivity contribution is 5.45. The van der Waals surface area contributed by atoms with Crippen LogP contribution in [0.15, 0.2) is 24.3 Å². The molecule has 0 aromatic heterocycles. The molecule has 20 heavy (non-hydrogen) atoms. The SMILES string of the molecule is CCN(CC)C1CCN(CCNc2cccc(C)c2)C1. The summed E-state index contributed by atoms with van der Waals surface area (Å²) in [5.41, 5.74) is 2.56. The van der Waals surface area contributed by atoms with E-state index in [1.165, 1.54) is 43.9 Å². The van der Waals surface area contributed by atoms with E-state index in [1.54, 1.807) is 0 Å². The van der Waals surface area contributed by atoms with Crippen molar-refractivity contribution in [2.24, 2.45) is 0 Å². The maximum absolute atomic E-state index is 3.53. The second kappa shape index (κ2) is 7.65. The lowest BCUT2D eigenvalue weighted by Gasteiger charge is -2.26. The Bertz CT molecular complexity index is 401. The van der Waals surface area contributed by atoms with E-state index in [0.29, 0.717) is 0 Å². The Labute approximate surface area is 124 Å². The van der Waals surface area contributed by atoms with Crippen LogP contribution in [0.1, 0.15) is 25.8 Å². The zero-order valence-corrected chi connectivity index (χ0v) is 13.2. The summed E-state index contributed by atoms with van der Waals surface area (Å²) in [6.07, 6.45) is 1.33. The van der Waals surface area contributed by atoms with Gasteiger partial charge in [-0.2, -0.15) is 0 Å². The van der Waals surface area contributed by atoms with Gasteiger partial charge < -0.3 is 5.32 Å². The van der Waals surface area contributed by atoms with Crippen molar-refractivity contribution in [2.45, 2.75) is 33.2 Å². The van der Waals surface area contributed by atoms with Crippen molar-refractivity contribution in [1.82, 2.24) is 9.80 Å². The third-order valence-corrected chi connectivity index (χ3v) is 4.35. The molecule has 112 valence electrons. The quantitative estimate of drug-likeness (QED) is 0.825. The largest absolute Gasteiger partial charge is 0.384 e. The molecule has 3 nitrogen and oxygen atoms in total. The molecule has 0 radical (unpaired) electrons. The molecule has 1 unspecified atom stereocenters. The van der Waals surface area contributed by atoms with Gasteiger partial charge in [0.05, 0.1) is 0 Å². The molecule has 1 aromatic rings. The molecule has 2 rings (SSSR count). The van der Waals surface area contributed by atoms with Gasteiger partial charge in [0.15, 0.2) is 0 Å². The van der Waals surface area contributed by atoms with Crippen LogP contribution in [0.25, 0.3) is 0 Å². The zero-order chi connectivity index (χ0) is 14.4. The highest BCUT2D eigenvalue weighted by Gasteiger charge is 2.25. The molecule has 1 saturated heterocycles. The minimum atomic E-state index is 0.768. The first kappa shape index (κ1) is 15.3. The molecular weight excluding hydrogens is 246 g/mol. The zero-order valence-electron chi connectivity index (χ0n) is 13.2. The first-order chi connectivity index (χ1) is 9.72. The molecule has 1 aromatic carbocycles. The van der Waals surface area contributed by atoms with Gasteiger partial charge in [-0.1, -0.05) is 26.0 Å². The lowest BCUT2D eigenvalue weighted by Crippen LogP contribution is -2.38. The van der Waals surface area contributed by atoms with E-state index < -0.39 is 0 Å². The third kappa shape index (κ3) is 4.22. The summed E-state index contributed by atoms with van der Waals surface area (Å²) in [7, 11) is 0. The highest BCUT2D eigenvalue weighted by atomic mass is 15.3. The van der Waals surface area contributed by atoms with E-state index in [-0.39, 0.29) is 0 Å². The maximum atomic E-state index is 3.53. The monoisotopic (exact) mass is 275 g/mol.